The lowest BCUT2D eigenvalue weighted by Crippen LogP contribution is -2.51. The van der Waals surface area contributed by atoms with Crippen molar-refractivity contribution < 1.29 is 22.7 Å². The Kier molecular flexibility index (Phi) is 5.49. The van der Waals surface area contributed by atoms with Gasteiger partial charge in [-0.1, -0.05) is 6.07 Å². The molecule has 9 heteroatoms. The van der Waals surface area contributed by atoms with E-state index in [1.54, 1.807) is 45.0 Å². The van der Waals surface area contributed by atoms with Gasteiger partial charge in [-0.05, 0) is 39.0 Å². The fraction of sp³-hybridized carbons (Fsp3) is 0.474. The van der Waals surface area contributed by atoms with Gasteiger partial charge in [0.15, 0.2) is 0 Å². The quantitative estimate of drug-likeness (QED) is 0.777. The first-order chi connectivity index (χ1) is 13.1. The van der Waals surface area contributed by atoms with Gasteiger partial charge in [0, 0.05) is 37.8 Å². The second-order valence-electron chi connectivity index (χ2n) is 7.54. The van der Waals surface area contributed by atoms with Gasteiger partial charge in [-0.15, -0.1) is 0 Å². The average Bonchev–Trinajstić information content (AvgIpc) is 2.65. The smallest absolute Gasteiger partial charge is 0.410 e. The van der Waals surface area contributed by atoms with Gasteiger partial charge in [0.2, 0.25) is 10.0 Å². The molecular weight excluding hydrogens is 382 g/mol. The topological polar surface area (TPSA) is 89.0 Å². The summed E-state index contributed by atoms with van der Waals surface area (Å²) in [4.78, 5) is 18.1. The van der Waals surface area contributed by atoms with Crippen LogP contribution in [0.3, 0.4) is 0 Å². The third-order valence-electron chi connectivity index (χ3n) is 4.42. The van der Waals surface area contributed by atoms with Gasteiger partial charge in [0.1, 0.15) is 16.2 Å². The molecule has 1 aliphatic rings. The van der Waals surface area contributed by atoms with Crippen molar-refractivity contribution in [3.05, 3.63) is 30.5 Å². The van der Waals surface area contributed by atoms with Gasteiger partial charge >= 0.3 is 6.09 Å². The number of ether oxygens (including phenoxy) is 2. The molecule has 0 N–H and O–H groups in total. The molecule has 0 aliphatic carbocycles. The van der Waals surface area contributed by atoms with Crippen molar-refractivity contribution in [1.82, 2.24) is 14.2 Å². The van der Waals surface area contributed by atoms with Crippen molar-refractivity contribution in [1.29, 1.82) is 0 Å². The minimum absolute atomic E-state index is 0.134. The predicted molar refractivity (Wildman–Crippen MR) is 105 cm³/mol. The lowest BCUT2D eigenvalue weighted by Gasteiger charge is -2.35. The van der Waals surface area contributed by atoms with Crippen LogP contribution in [0.2, 0.25) is 0 Å². The van der Waals surface area contributed by atoms with Gasteiger partial charge in [0.05, 0.1) is 12.6 Å². The molecule has 0 saturated carbocycles. The van der Waals surface area contributed by atoms with E-state index in [4.69, 9.17) is 9.47 Å². The molecule has 1 aromatic carbocycles. The van der Waals surface area contributed by atoms with Crippen molar-refractivity contribution >= 4 is 27.0 Å². The molecule has 28 heavy (non-hydrogen) atoms. The maximum absolute atomic E-state index is 13.2. The standard InChI is InChI=1S/C19H25N3O5S/c1-19(2,3)27-18(23)21-10-12-22(13-11-21)28(24,25)16-7-5-6-14-15(26-4)8-9-20-17(14)16/h5-9H,10-13H2,1-4H3. The minimum atomic E-state index is -3.76. The monoisotopic (exact) mass is 407 g/mol. The van der Waals surface area contributed by atoms with Crippen LogP contribution in [-0.2, 0) is 14.8 Å². The number of rotatable bonds is 3. The number of carbonyl (C=O) groups is 1. The van der Waals surface area contributed by atoms with Crippen molar-refractivity contribution in [2.45, 2.75) is 31.3 Å². The summed E-state index contributed by atoms with van der Waals surface area (Å²) in [6.07, 6.45) is 1.10. The maximum atomic E-state index is 13.2. The highest BCUT2D eigenvalue weighted by Crippen LogP contribution is 2.30. The molecule has 0 unspecified atom stereocenters. The number of amides is 1. The van der Waals surface area contributed by atoms with Crippen molar-refractivity contribution in [2.24, 2.45) is 0 Å². The second-order valence-corrected chi connectivity index (χ2v) is 9.44. The Hall–Kier alpha value is -2.39. The number of pyridine rings is 1. The number of methoxy groups -OCH3 is 1. The van der Waals surface area contributed by atoms with Crippen LogP contribution in [-0.4, -0.2) is 67.6 Å². The van der Waals surface area contributed by atoms with Crippen molar-refractivity contribution in [3.63, 3.8) is 0 Å². The molecule has 1 amide bonds. The van der Waals surface area contributed by atoms with Crippen LogP contribution in [0.1, 0.15) is 20.8 Å². The molecule has 8 nitrogen and oxygen atoms in total. The third-order valence-corrected chi connectivity index (χ3v) is 6.35. The summed E-state index contributed by atoms with van der Waals surface area (Å²) in [6.45, 7) is 6.34. The number of para-hydroxylation sites is 1. The molecule has 1 aromatic heterocycles. The largest absolute Gasteiger partial charge is 0.496 e. The molecule has 2 heterocycles. The highest BCUT2D eigenvalue weighted by atomic mass is 32.2. The molecular formula is C19H25N3O5S. The van der Waals surface area contributed by atoms with Gasteiger partial charge in [-0.2, -0.15) is 4.31 Å². The summed E-state index contributed by atoms with van der Waals surface area (Å²) in [7, 11) is -2.23. The number of sulfonamides is 1. The summed E-state index contributed by atoms with van der Waals surface area (Å²) >= 11 is 0. The number of hydrogen-bond acceptors (Lipinski definition) is 6. The highest BCUT2D eigenvalue weighted by molar-refractivity contribution is 7.89. The first-order valence-corrected chi connectivity index (χ1v) is 10.5. The molecule has 3 rings (SSSR count). The summed E-state index contributed by atoms with van der Waals surface area (Å²) in [5, 5.41) is 0.637. The van der Waals surface area contributed by atoms with E-state index in [-0.39, 0.29) is 31.1 Å². The van der Waals surface area contributed by atoms with Crippen LogP contribution in [0.25, 0.3) is 10.9 Å². The second kappa shape index (κ2) is 7.56. The fourth-order valence-corrected chi connectivity index (χ4v) is 4.67. The third kappa shape index (κ3) is 4.05. The maximum Gasteiger partial charge on any atom is 0.410 e. The molecule has 0 bridgehead atoms. The Balaban J connectivity index is 1.82. The van der Waals surface area contributed by atoms with Crippen molar-refractivity contribution in [2.75, 3.05) is 33.3 Å². The number of aromatic nitrogens is 1. The number of benzene rings is 1. The van der Waals surface area contributed by atoms with Crippen LogP contribution >= 0.6 is 0 Å². The van der Waals surface area contributed by atoms with E-state index in [2.05, 4.69) is 4.98 Å². The zero-order valence-corrected chi connectivity index (χ0v) is 17.3. The van der Waals surface area contributed by atoms with E-state index < -0.39 is 21.7 Å². The zero-order valence-electron chi connectivity index (χ0n) is 16.5. The Morgan fingerprint density at radius 3 is 2.39 bits per heavy atom. The van der Waals surface area contributed by atoms with Gasteiger partial charge < -0.3 is 14.4 Å². The molecule has 1 saturated heterocycles. The van der Waals surface area contributed by atoms with E-state index in [1.807, 2.05) is 0 Å². The van der Waals surface area contributed by atoms with Gasteiger partial charge in [0.25, 0.3) is 0 Å². The van der Waals surface area contributed by atoms with Crippen LogP contribution in [0.4, 0.5) is 4.79 Å². The number of carbonyl (C=O) groups excluding carboxylic acids is 1. The zero-order chi connectivity index (χ0) is 20.5. The van der Waals surface area contributed by atoms with E-state index in [9.17, 15) is 13.2 Å². The Labute approximate surface area is 165 Å². The Morgan fingerprint density at radius 1 is 1.11 bits per heavy atom. The number of hydrogen-bond donors (Lipinski definition) is 0. The Morgan fingerprint density at radius 2 is 1.79 bits per heavy atom. The average molecular weight is 407 g/mol. The lowest BCUT2D eigenvalue weighted by molar-refractivity contribution is 0.0192. The Bertz CT molecular complexity index is 977. The van der Waals surface area contributed by atoms with Crippen LogP contribution in [0, 0.1) is 0 Å². The summed E-state index contributed by atoms with van der Waals surface area (Å²) in [5.41, 5.74) is -0.218. The van der Waals surface area contributed by atoms with E-state index >= 15 is 0 Å². The van der Waals surface area contributed by atoms with Gasteiger partial charge in [-0.3, -0.25) is 4.98 Å². The first kappa shape index (κ1) is 20.3. The van der Waals surface area contributed by atoms with E-state index in [0.29, 0.717) is 16.7 Å². The molecule has 0 spiro atoms. The normalized spacial score (nSPS) is 16.2. The summed E-state index contributed by atoms with van der Waals surface area (Å²) in [6, 6.07) is 6.69. The number of fused-ring (bicyclic) bond motifs is 1. The first-order valence-electron chi connectivity index (χ1n) is 9.03. The minimum Gasteiger partial charge on any atom is -0.496 e. The van der Waals surface area contributed by atoms with E-state index in [1.165, 1.54) is 22.5 Å². The summed E-state index contributed by atoms with van der Waals surface area (Å²) in [5.74, 6) is 0.566. The van der Waals surface area contributed by atoms with Crippen molar-refractivity contribution in [3.8, 4) is 5.75 Å². The van der Waals surface area contributed by atoms with Gasteiger partial charge in [-0.25, -0.2) is 13.2 Å². The number of nitrogens with zero attached hydrogens (tertiary/aromatic N) is 3. The summed E-state index contributed by atoms with van der Waals surface area (Å²) < 4.78 is 38.5. The predicted octanol–water partition coefficient (Wildman–Crippen LogP) is 2.48. The molecule has 0 atom stereocenters. The van der Waals surface area contributed by atoms with Crippen LogP contribution in [0.15, 0.2) is 35.4 Å². The number of piperazine rings is 1. The SMILES string of the molecule is COc1ccnc2c(S(=O)(=O)N3CCN(C(=O)OC(C)(C)C)CC3)cccc12. The molecule has 0 radical (unpaired) electrons. The fourth-order valence-electron chi connectivity index (χ4n) is 3.09. The molecule has 2 aromatic rings. The molecule has 1 fully saturated rings. The van der Waals surface area contributed by atoms with E-state index in [0.717, 1.165) is 0 Å². The highest BCUT2D eigenvalue weighted by Gasteiger charge is 2.33. The molecule has 152 valence electrons. The lowest BCUT2D eigenvalue weighted by atomic mass is 10.2. The van der Waals surface area contributed by atoms with Crippen LogP contribution < -0.4 is 4.74 Å². The van der Waals surface area contributed by atoms with Crippen LogP contribution in [0.5, 0.6) is 5.75 Å². The molecule has 1 aliphatic heterocycles.